The molecular weight excluding hydrogens is 258 g/mol. The van der Waals surface area contributed by atoms with Crippen molar-refractivity contribution in [1.82, 2.24) is 0 Å². The molecule has 3 heteroatoms. The number of nitrogens with one attached hydrogen (secondary N) is 1. The van der Waals surface area contributed by atoms with Crippen LogP contribution in [0.4, 0.5) is 5.69 Å². The Morgan fingerprint density at radius 1 is 1.11 bits per heavy atom. The van der Waals surface area contributed by atoms with E-state index >= 15 is 0 Å². The molecule has 2 aromatic carbocycles. The second-order valence-electron chi connectivity index (χ2n) is 4.78. The van der Waals surface area contributed by atoms with Crippen LogP contribution in [0.3, 0.4) is 0 Å². The van der Waals surface area contributed by atoms with Gasteiger partial charge in [-0.3, -0.25) is 4.79 Å². The van der Waals surface area contributed by atoms with Crippen molar-refractivity contribution in [3.63, 3.8) is 0 Å². The van der Waals surface area contributed by atoms with E-state index in [1.807, 2.05) is 36.4 Å². The number of carbonyl (C=O) groups is 1. The van der Waals surface area contributed by atoms with Crippen molar-refractivity contribution in [2.24, 2.45) is 0 Å². The minimum absolute atomic E-state index is 0.0574. The standard InChI is InChI=1S/C16H14ClNO/c17-12-6-7-14-13(11-4-2-1-3-5-11)8-9-16(19)18-15(14)10-12/h1-7,10,13H,8-9H2,(H,18,19)/t13-/m0/s1. The Bertz CT molecular complexity index is 609. The lowest BCUT2D eigenvalue weighted by atomic mass is 9.87. The fourth-order valence-corrected chi connectivity index (χ4v) is 2.79. The van der Waals surface area contributed by atoms with E-state index in [0.717, 1.165) is 17.7 Å². The summed E-state index contributed by atoms with van der Waals surface area (Å²) in [5, 5.41) is 3.59. The molecule has 0 radical (unpaired) electrons. The number of rotatable bonds is 1. The second-order valence-corrected chi connectivity index (χ2v) is 5.22. The molecule has 1 amide bonds. The Morgan fingerprint density at radius 3 is 2.68 bits per heavy atom. The average molecular weight is 272 g/mol. The van der Waals surface area contributed by atoms with Gasteiger partial charge in [-0.25, -0.2) is 0 Å². The van der Waals surface area contributed by atoms with Crippen molar-refractivity contribution in [3.05, 3.63) is 64.7 Å². The van der Waals surface area contributed by atoms with E-state index in [1.165, 1.54) is 5.56 Å². The maximum atomic E-state index is 11.8. The Labute approximate surface area is 117 Å². The van der Waals surface area contributed by atoms with Crippen LogP contribution in [0.5, 0.6) is 0 Å². The molecule has 3 rings (SSSR count). The van der Waals surface area contributed by atoms with Gasteiger partial charge in [0.15, 0.2) is 0 Å². The van der Waals surface area contributed by atoms with Gasteiger partial charge in [-0.05, 0) is 29.7 Å². The largest absolute Gasteiger partial charge is 0.326 e. The van der Waals surface area contributed by atoms with Crippen LogP contribution in [0.15, 0.2) is 48.5 Å². The molecular formula is C16H14ClNO. The molecule has 0 saturated carbocycles. The molecule has 1 atom stereocenters. The molecule has 0 aromatic heterocycles. The first-order valence-electron chi connectivity index (χ1n) is 6.38. The normalized spacial score (nSPS) is 18.4. The fourth-order valence-electron chi connectivity index (χ4n) is 2.62. The number of amides is 1. The minimum atomic E-state index is 0.0574. The van der Waals surface area contributed by atoms with Crippen LogP contribution in [0.1, 0.15) is 29.9 Å². The maximum absolute atomic E-state index is 11.8. The van der Waals surface area contributed by atoms with Crippen LogP contribution >= 0.6 is 11.6 Å². The zero-order valence-corrected chi connectivity index (χ0v) is 11.2. The first-order chi connectivity index (χ1) is 9.24. The molecule has 1 heterocycles. The van der Waals surface area contributed by atoms with E-state index in [2.05, 4.69) is 17.4 Å². The molecule has 0 fully saturated rings. The van der Waals surface area contributed by atoms with Gasteiger partial charge in [0.1, 0.15) is 0 Å². The van der Waals surface area contributed by atoms with Gasteiger partial charge in [-0.2, -0.15) is 0 Å². The zero-order chi connectivity index (χ0) is 13.2. The van der Waals surface area contributed by atoms with E-state index in [4.69, 9.17) is 11.6 Å². The average Bonchev–Trinajstić information content (AvgIpc) is 2.57. The van der Waals surface area contributed by atoms with Crippen molar-refractivity contribution >= 4 is 23.2 Å². The molecule has 1 N–H and O–H groups in total. The lowest BCUT2D eigenvalue weighted by Crippen LogP contribution is -2.08. The number of benzene rings is 2. The smallest absolute Gasteiger partial charge is 0.224 e. The number of carbonyl (C=O) groups excluding carboxylic acids is 1. The number of hydrogen-bond acceptors (Lipinski definition) is 1. The predicted molar refractivity (Wildman–Crippen MR) is 77.6 cm³/mol. The molecule has 96 valence electrons. The summed E-state index contributed by atoms with van der Waals surface area (Å²) in [7, 11) is 0. The number of fused-ring (bicyclic) bond motifs is 1. The highest BCUT2D eigenvalue weighted by Crippen LogP contribution is 2.37. The first-order valence-corrected chi connectivity index (χ1v) is 6.76. The molecule has 2 aromatic rings. The van der Waals surface area contributed by atoms with Gasteiger partial charge in [0.2, 0.25) is 5.91 Å². The minimum Gasteiger partial charge on any atom is -0.326 e. The third-order valence-electron chi connectivity index (χ3n) is 3.53. The number of halogens is 1. The van der Waals surface area contributed by atoms with E-state index in [9.17, 15) is 4.79 Å². The van der Waals surface area contributed by atoms with E-state index in [-0.39, 0.29) is 11.8 Å². The SMILES string of the molecule is O=C1CC[C@@H](c2ccccc2)c2ccc(Cl)cc2N1. The van der Waals surface area contributed by atoms with E-state index < -0.39 is 0 Å². The first kappa shape index (κ1) is 12.2. The molecule has 19 heavy (non-hydrogen) atoms. The molecule has 2 nitrogen and oxygen atoms in total. The lowest BCUT2D eigenvalue weighted by Gasteiger charge is -2.17. The molecule has 1 aliphatic rings. The Morgan fingerprint density at radius 2 is 1.89 bits per heavy atom. The fraction of sp³-hybridized carbons (Fsp3) is 0.188. The van der Waals surface area contributed by atoms with Crippen LogP contribution in [0.25, 0.3) is 0 Å². The Balaban J connectivity index is 2.10. The Hall–Kier alpha value is -1.80. The van der Waals surface area contributed by atoms with Crippen molar-refractivity contribution in [3.8, 4) is 0 Å². The van der Waals surface area contributed by atoms with Gasteiger partial charge in [0.25, 0.3) is 0 Å². The summed E-state index contributed by atoms with van der Waals surface area (Å²) in [6, 6.07) is 16.0. The maximum Gasteiger partial charge on any atom is 0.224 e. The summed E-state index contributed by atoms with van der Waals surface area (Å²) in [6.45, 7) is 0. The molecule has 0 saturated heterocycles. The van der Waals surface area contributed by atoms with Crippen molar-refractivity contribution < 1.29 is 4.79 Å². The third kappa shape index (κ3) is 2.49. The van der Waals surface area contributed by atoms with Crippen LogP contribution in [0, 0.1) is 0 Å². The molecule has 0 unspecified atom stereocenters. The van der Waals surface area contributed by atoms with Gasteiger partial charge >= 0.3 is 0 Å². The zero-order valence-electron chi connectivity index (χ0n) is 10.4. The second kappa shape index (κ2) is 5.06. The molecule has 0 spiro atoms. The van der Waals surface area contributed by atoms with Gasteiger partial charge in [-0.1, -0.05) is 48.0 Å². The molecule has 1 aliphatic heterocycles. The summed E-state index contributed by atoms with van der Waals surface area (Å²) >= 11 is 6.02. The predicted octanol–water partition coefficient (Wildman–Crippen LogP) is 4.20. The highest BCUT2D eigenvalue weighted by atomic mass is 35.5. The lowest BCUT2D eigenvalue weighted by molar-refractivity contribution is -0.116. The summed E-state index contributed by atoms with van der Waals surface area (Å²) in [5.74, 6) is 0.300. The van der Waals surface area contributed by atoms with Crippen LogP contribution < -0.4 is 5.32 Å². The molecule has 0 aliphatic carbocycles. The van der Waals surface area contributed by atoms with Crippen molar-refractivity contribution in [2.75, 3.05) is 5.32 Å². The van der Waals surface area contributed by atoms with Crippen molar-refractivity contribution in [2.45, 2.75) is 18.8 Å². The Kier molecular flexibility index (Phi) is 3.26. The van der Waals surface area contributed by atoms with Crippen molar-refractivity contribution in [1.29, 1.82) is 0 Å². The highest BCUT2D eigenvalue weighted by molar-refractivity contribution is 6.31. The van der Waals surface area contributed by atoms with E-state index in [0.29, 0.717) is 11.4 Å². The number of anilines is 1. The molecule has 0 bridgehead atoms. The van der Waals surface area contributed by atoms with Gasteiger partial charge in [0, 0.05) is 23.0 Å². The van der Waals surface area contributed by atoms with Crippen LogP contribution in [0.2, 0.25) is 5.02 Å². The quantitative estimate of drug-likeness (QED) is 0.827. The number of hydrogen-bond donors (Lipinski definition) is 1. The highest BCUT2D eigenvalue weighted by Gasteiger charge is 2.23. The monoisotopic (exact) mass is 271 g/mol. The topological polar surface area (TPSA) is 29.1 Å². The van der Waals surface area contributed by atoms with Gasteiger partial charge in [-0.15, -0.1) is 0 Å². The van der Waals surface area contributed by atoms with E-state index in [1.54, 1.807) is 0 Å². The summed E-state index contributed by atoms with van der Waals surface area (Å²) in [6.07, 6.45) is 1.36. The van der Waals surface area contributed by atoms with Gasteiger partial charge in [0.05, 0.1) is 0 Å². The summed E-state index contributed by atoms with van der Waals surface area (Å²) in [4.78, 5) is 11.8. The summed E-state index contributed by atoms with van der Waals surface area (Å²) in [5.41, 5.74) is 3.22. The third-order valence-corrected chi connectivity index (χ3v) is 3.76. The van der Waals surface area contributed by atoms with Gasteiger partial charge < -0.3 is 5.32 Å². The van der Waals surface area contributed by atoms with Crippen LogP contribution in [-0.2, 0) is 4.79 Å². The van der Waals surface area contributed by atoms with Crippen LogP contribution in [-0.4, -0.2) is 5.91 Å². The summed E-state index contributed by atoms with van der Waals surface area (Å²) < 4.78 is 0.